The molecule has 0 radical (unpaired) electrons. The van der Waals surface area contributed by atoms with Gasteiger partial charge in [0.25, 0.3) is 5.91 Å². The summed E-state index contributed by atoms with van der Waals surface area (Å²) in [5.74, 6) is -1.23. The number of halogens is 5. The summed E-state index contributed by atoms with van der Waals surface area (Å²) in [7, 11) is 1.53. The topological polar surface area (TPSA) is 97.4 Å². The van der Waals surface area contributed by atoms with Gasteiger partial charge in [0.1, 0.15) is 11.5 Å². The molecule has 2 heterocycles. The van der Waals surface area contributed by atoms with Crippen molar-refractivity contribution >= 4 is 40.6 Å². The number of nitrogens with zero attached hydrogens (tertiary/aromatic N) is 2. The SMILES string of the molecule is CNC(=O)C1Cc2cc(Nc3ncc(F)c(Nc4ccc(OC(F)(F)F)c(Cl)c4)n3)ccc2O1. The van der Waals surface area contributed by atoms with Crippen LogP contribution in [0.15, 0.2) is 42.6 Å². The molecule has 0 aliphatic carbocycles. The zero-order chi connectivity index (χ0) is 24.5. The Labute approximate surface area is 195 Å². The third kappa shape index (κ3) is 5.39. The fraction of sp³-hybridized carbons (Fsp3) is 0.190. The minimum absolute atomic E-state index is 0.0498. The van der Waals surface area contributed by atoms with Crippen LogP contribution in [0, 0.1) is 5.82 Å². The number of aromatic nitrogens is 2. The van der Waals surface area contributed by atoms with Crippen LogP contribution in [0.3, 0.4) is 0 Å². The average Bonchev–Trinajstić information content (AvgIpc) is 3.20. The molecule has 0 spiro atoms. The van der Waals surface area contributed by atoms with Gasteiger partial charge in [-0.25, -0.2) is 9.37 Å². The first-order chi connectivity index (χ1) is 16.1. The number of rotatable bonds is 6. The number of carbonyl (C=O) groups is 1. The predicted molar refractivity (Wildman–Crippen MR) is 115 cm³/mol. The zero-order valence-electron chi connectivity index (χ0n) is 17.3. The van der Waals surface area contributed by atoms with Gasteiger partial charge in [-0.2, -0.15) is 4.98 Å². The Hall–Kier alpha value is -3.80. The van der Waals surface area contributed by atoms with Crippen molar-refractivity contribution in [3.8, 4) is 11.5 Å². The fourth-order valence-electron chi connectivity index (χ4n) is 3.20. The molecule has 178 valence electrons. The van der Waals surface area contributed by atoms with Crippen molar-refractivity contribution in [2.75, 3.05) is 17.7 Å². The number of ether oxygens (including phenoxy) is 2. The molecule has 1 atom stereocenters. The highest BCUT2D eigenvalue weighted by Gasteiger charge is 2.32. The van der Waals surface area contributed by atoms with Crippen LogP contribution in [-0.2, 0) is 11.2 Å². The highest BCUT2D eigenvalue weighted by Crippen LogP contribution is 2.34. The van der Waals surface area contributed by atoms with Crippen LogP contribution in [0.2, 0.25) is 5.02 Å². The third-order valence-electron chi connectivity index (χ3n) is 4.69. The number of carbonyl (C=O) groups excluding carboxylic acids is 1. The van der Waals surface area contributed by atoms with Gasteiger partial charge in [0.05, 0.1) is 11.2 Å². The van der Waals surface area contributed by atoms with Gasteiger partial charge < -0.3 is 25.4 Å². The van der Waals surface area contributed by atoms with E-state index in [1.165, 1.54) is 13.1 Å². The molecule has 0 saturated carbocycles. The summed E-state index contributed by atoms with van der Waals surface area (Å²) in [4.78, 5) is 19.8. The lowest BCUT2D eigenvalue weighted by Crippen LogP contribution is -2.34. The number of hydrogen-bond donors (Lipinski definition) is 3. The Morgan fingerprint density at radius 1 is 1.18 bits per heavy atom. The van der Waals surface area contributed by atoms with Gasteiger partial charge in [-0.05, 0) is 36.4 Å². The fourth-order valence-corrected chi connectivity index (χ4v) is 3.42. The van der Waals surface area contributed by atoms with Crippen molar-refractivity contribution in [1.29, 1.82) is 0 Å². The van der Waals surface area contributed by atoms with Crippen molar-refractivity contribution in [2.24, 2.45) is 0 Å². The molecule has 0 bridgehead atoms. The second kappa shape index (κ2) is 9.21. The van der Waals surface area contributed by atoms with E-state index in [1.807, 2.05) is 0 Å². The maximum absolute atomic E-state index is 14.3. The lowest BCUT2D eigenvalue weighted by atomic mass is 10.1. The van der Waals surface area contributed by atoms with E-state index in [9.17, 15) is 22.4 Å². The van der Waals surface area contributed by atoms with Crippen molar-refractivity contribution in [3.05, 3.63) is 59.0 Å². The number of likely N-dealkylation sites (N-methyl/N-ethyl adjacent to an activating group) is 1. The molecule has 3 N–H and O–H groups in total. The van der Waals surface area contributed by atoms with Gasteiger partial charge in [0.15, 0.2) is 17.7 Å². The van der Waals surface area contributed by atoms with E-state index in [0.717, 1.165) is 23.9 Å². The Morgan fingerprint density at radius 2 is 1.91 bits per heavy atom. The minimum atomic E-state index is -4.90. The van der Waals surface area contributed by atoms with E-state index >= 15 is 0 Å². The van der Waals surface area contributed by atoms with Gasteiger partial charge in [-0.3, -0.25) is 4.79 Å². The maximum Gasteiger partial charge on any atom is 0.573 e. The van der Waals surface area contributed by atoms with Crippen LogP contribution in [0.1, 0.15) is 5.56 Å². The minimum Gasteiger partial charge on any atom is -0.480 e. The van der Waals surface area contributed by atoms with Crippen LogP contribution in [0.5, 0.6) is 11.5 Å². The summed E-state index contributed by atoms with van der Waals surface area (Å²) in [6.07, 6.45) is -4.20. The highest BCUT2D eigenvalue weighted by atomic mass is 35.5. The smallest absolute Gasteiger partial charge is 0.480 e. The highest BCUT2D eigenvalue weighted by molar-refractivity contribution is 6.32. The van der Waals surface area contributed by atoms with Crippen molar-refractivity contribution in [3.63, 3.8) is 0 Å². The first kappa shape index (κ1) is 23.4. The molecular formula is C21H16ClF4N5O3. The largest absolute Gasteiger partial charge is 0.573 e. The first-order valence-corrected chi connectivity index (χ1v) is 10.1. The molecule has 2 aromatic carbocycles. The monoisotopic (exact) mass is 497 g/mol. The summed E-state index contributed by atoms with van der Waals surface area (Å²) in [6, 6.07) is 8.50. The van der Waals surface area contributed by atoms with Gasteiger partial charge in [-0.15, -0.1) is 13.2 Å². The Bertz CT molecular complexity index is 1240. The van der Waals surface area contributed by atoms with Gasteiger partial charge in [-0.1, -0.05) is 11.6 Å². The second-order valence-corrected chi connectivity index (χ2v) is 7.49. The van der Waals surface area contributed by atoms with Crippen molar-refractivity contribution in [2.45, 2.75) is 18.9 Å². The number of fused-ring (bicyclic) bond motifs is 1. The van der Waals surface area contributed by atoms with Crippen molar-refractivity contribution in [1.82, 2.24) is 15.3 Å². The lowest BCUT2D eigenvalue weighted by molar-refractivity contribution is -0.274. The molecule has 3 aromatic rings. The Kier molecular flexibility index (Phi) is 6.33. The van der Waals surface area contributed by atoms with Crippen LogP contribution >= 0.6 is 11.6 Å². The zero-order valence-corrected chi connectivity index (χ0v) is 18.1. The lowest BCUT2D eigenvalue weighted by Gasteiger charge is -2.13. The molecule has 8 nitrogen and oxygen atoms in total. The molecule has 0 saturated heterocycles. The molecule has 1 aliphatic heterocycles. The Morgan fingerprint density at radius 3 is 2.62 bits per heavy atom. The molecule has 4 rings (SSSR count). The van der Waals surface area contributed by atoms with E-state index in [2.05, 4.69) is 30.7 Å². The van der Waals surface area contributed by atoms with Gasteiger partial charge >= 0.3 is 6.36 Å². The number of alkyl halides is 3. The molecule has 34 heavy (non-hydrogen) atoms. The predicted octanol–water partition coefficient (Wildman–Crippen LogP) is 4.70. The van der Waals surface area contributed by atoms with Crippen LogP contribution < -0.4 is 25.4 Å². The first-order valence-electron chi connectivity index (χ1n) is 9.74. The van der Waals surface area contributed by atoms with E-state index < -0.39 is 24.0 Å². The number of nitrogens with one attached hydrogen (secondary N) is 3. The molecule has 1 aliphatic rings. The van der Waals surface area contributed by atoms with Gasteiger partial charge in [0, 0.05) is 30.4 Å². The second-order valence-electron chi connectivity index (χ2n) is 7.08. The van der Waals surface area contributed by atoms with E-state index in [4.69, 9.17) is 16.3 Å². The third-order valence-corrected chi connectivity index (χ3v) is 4.99. The number of amides is 1. The van der Waals surface area contributed by atoms with Crippen LogP contribution in [0.25, 0.3) is 0 Å². The summed E-state index contributed by atoms with van der Waals surface area (Å²) >= 11 is 5.83. The summed E-state index contributed by atoms with van der Waals surface area (Å²) in [6.45, 7) is 0. The van der Waals surface area contributed by atoms with Crippen LogP contribution in [-0.4, -0.2) is 35.4 Å². The summed E-state index contributed by atoms with van der Waals surface area (Å²) in [5, 5.41) is 7.79. The standard InChI is InChI=1S/C21H16ClF4N5O3/c1-27-19(32)17-7-10-6-11(2-4-15(10)33-17)30-20-28-9-14(23)18(31-20)29-12-3-5-16(13(22)8-12)34-21(24,25)26/h2-6,8-9,17H,7H2,1H3,(H,27,32)(H2,28,29,30,31). The average molecular weight is 498 g/mol. The number of anilines is 4. The summed E-state index contributed by atoms with van der Waals surface area (Å²) < 4.78 is 60.8. The number of hydrogen-bond acceptors (Lipinski definition) is 7. The molecule has 1 unspecified atom stereocenters. The summed E-state index contributed by atoms with van der Waals surface area (Å²) in [5.41, 5.74) is 1.56. The van der Waals surface area contributed by atoms with E-state index in [-0.39, 0.29) is 28.4 Å². The van der Waals surface area contributed by atoms with Gasteiger partial charge in [0.2, 0.25) is 5.95 Å². The van der Waals surface area contributed by atoms with Crippen molar-refractivity contribution < 1.29 is 31.8 Å². The number of benzene rings is 2. The molecular weight excluding hydrogens is 482 g/mol. The molecule has 1 amide bonds. The van der Waals surface area contributed by atoms with E-state index in [1.54, 1.807) is 18.2 Å². The molecule has 0 fully saturated rings. The molecule has 1 aromatic heterocycles. The Balaban J connectivity index is 1.48. The quantitative estimate of drug-likeness (QED) is 0.424. The van der Waals surface area contributed by atoms with E-state index in [0.29, 0.717) is 17.9 Å². The maximum atomic E-state index is 14.3. The molecule has 13 heteroatoms. The normalized spacial score (nSPS) is 14.7. The van der Waals surface area contributed by atoms with Crippen LogP contribution in [0.4, 0.5) is 40.7 Å².